The number of hydrogen-bond donors (Lipinski definition) is 2. The topological polar surface area (TPSA) is 46.2 Å². The minimum Gasteiger partial charge on any atom is -0.388 e. The smallest absolute Gasteiger partial charge is 0.0870 e. The molecule has 21 heavy (non-hydrogen) atoms. The Kier molecular flexibility index (Phi) is 5.57. The Bertz CT molecular complexity index is 563. The third-order valence-electron chi connectivity index (χ3n) is 3.88. The van der Waals surface area contributed by atoms with Gasteiger partial charge in [-0.2, -0.15) is 0 Å². The molecule has 0 aliphatic carbocycles. The van der Waals surface area contributed by atoms with Gasteiger partial charge < -0.3 is 10.8 Å². The van der Waals surface area contributed by atoms with Gasteiger partial charge in [0.25, 0.3) is 0 Å². The lowest BCUT2D eigenvalue weighted by atomic mass is 9.88. The number of rotatable bonds is 5. The molecule has 0 bridgehead atoms. The van der Waals surface area contributed by atoms with Gasteiger partial charge in [-0.3, -0.25) is 0 Å². The van der Waals surface area contributed by atoms with Crippen LogP contribution in [0.3, 0.4) is 0 Å². The summed E-state index contributed by atoms with van der Waals surface area (Å²) >= 11 is 3.41. The van der Waals surface area contributed by atoms with Crippen molar-refractivity contribution in [3.05, 3.63) is 69.7 Å². The summed E-state index contributed by atoms with van der Waals surface area (Å²) in [6.45, 7) is 4.76. The van der Waals surface area contributed by atoms with Gasteiger partial charge in [0.2, 0.25) is 0 Å². The van der Waals surface area contributed by atoms with Crippen LogP contribution in [0, 0.1) is 0 Å². The summed E-state index contributed by atoms with van der Waals surface area (Å²) in [6, 6.07) is 16.1. The van der Waals surface area contributed by atoms with Crippen molar-refractivity contribution in [3.8, 4) is 0 Å². The van der Waals surface area contributed by atoms with Crippen molar-refractivity contribution in [2.75, 3.05) is 6.54 Å². The van der Waals surface area contributed by atoms with Crippen LogP contribution in [0.4, 0.5) is 0 Å². The number of aliphatic hydroxyl groups is 1. The number of hydrogen-bond acceptors (Lipinski definition) is 2. The normalized spacial score (nSPS) is 14.2. The van der Waals surface area contributed by atoms with Gasteiger partial charge >= 0.3 is 0 Å². The Morgan fingerprint density at radius 3 is 1.86 bits per heavy atom. The van der Waals surface area contributed by atoms with Crippen molar-refractivity contribution < 1.29 is 5.11 Å². The zero-order chi connectivity index (χ0) is 15.4. The van der Waals surface area contributed by atoms with Gasteiger partial charge in [-0.15, -0.1) is 0 Å². The summed E-state index contributed by atoms with van der Waals surface area (Å²) in [6.07, 6.45) is -0.590. The van der Waals surface area contributed by atoms with Gasteiger partial charge in [0.15, 0.2) is 0 Å². The number of halogens is 1. The van der Waals surface area contributed by atoms with E-state index in [2.05, 4.69) is 54.0 Å². The second kappa shape index (κ2) is 7.21. The minimum atomic E-state index is -0.590. The fourth-order valence-corrected chi connectivity index (χ4v) is 2.73. The molecule has 0 amide bonds. The average molecular weight is 348 g/mol. The largest absolute Gasteiger partial charge is 0.388 e. The van der Waals surface area contributed by atoms with Crippen LogP contribution in [-0.2, 0) is 0 Å². The van der Waals surface area contributed by atoms with E-state index in [1.54, 1.807) is 0 Å². The Labute approximate surface area is 135 Å². The van der Waals surface area contributed by atoms with Crippen LogP contribution < -0.4 is 5.73 Å². The van der Waals surface area contributed by atoms with Crippen molar-refractivity contribution in [1.29, 1.82) is 0 Å². The summed E-state index contributed by atoms with van der Waals surface area (Å²) in [4.78, 5) is 0. The lowest BCUT2D eigenvalue weighted by Gasteiger charge is -2.23. The van der Waals surface area contributed by atoms with E-state index in [9.17, 15) is 5.11 Å². The first-order valence-electron chi connectivity index (χ1n) is 7.26. The summed E-state index contributed by atoms with van der Waals surface area (Å²) in [5.74, 6) is 0.416. The first kappa shape index (κ1) is 16.2. The minimum absolute atomic E-state index is 0.0904. The van der Waals surface area contributed by atoms with E-state index in [4.69, 9.17) is 5.73 Å². The SMILES string of the molecule is CC(C)c1ccc(C(CN)C(O)c2ccc(Br)cc2)cc1. The van der Waals surface area contributed by atoms with E-state index in [1.807, 2.05) is 24.3 Å². The van der Waals surface area contributed by atoms with E-state index in [0.717, 1.165) is 15.6 Å². The molecule has 0 spiro atoms. The second-order valence-corrected chi connectivity index (χ2v) is 6.58. The van der Waals surface area contributed by atoms with Crippen molar-refractivity contribution in [2.45, 2.75) is 31.8 Å². The van der Waals surface area contributed by atoms with Crippen LogP contribution in [0.25, 0.3) is 0 Å². The third-order valence-corrected chi connectivity index (χ3v) is 4.41. The predicted molar refractivity (Wildman–Crippen MR) is 91.4 cm³/mol. The molecule has 0 aliphatic heterocycles. The molecule has 0 heterocycles. The lowest BCUT2D eigenvalue weighted by Crippen LogP contribution is -2.20. The maximum absolute atomic E-state index is 10.6. The molecule has 2 atom stereocenters. The van der Waals surface area contributed by atoms with Crippen LogP contribution in [0.1, 0.15) is 48.5 Å². The van der Waals surface area contributed by atoms with Crippen molar-refractivity contribution >= 4 is 15.9 Å². The Hall–Kier alpha value is -1.16. The number of aliphatic hydroxyl groups excluding tert-OH is 1. The first-order chi connectivity index (χ1) is 10.0. The van der Waals surface area contributed by atoms with Gasteiger partial charge in [0.1, 0.15) is 0 Å². The zero-order valence-corrected chi connectivity index (χ0v) is 14.0. The van der Waals surface area contributed by atoms with Crippen LogP contribution in [0.5, 0.6) is 0 Å². The van der Waals surface area contributed by atoms with Gasteiger partial charge in [0, 0.05) is 16.9 Å². The van der Waals surface area contributed by atoms with Crippen LogP contribution in [0.2, 0.25) is 0 Å². The Morgan fingerprint density at radius 1 is 0.905 bits per heavy atom. The average Bonchev–Trinajstić information content (AvgIpc) is 2.49. The molecule has 2 rings (SSSR count). The molecule has 3 N–H and O–H groups in total. The van der Waals surface area contributed by atoms with Crippen molar-refractivity contribution in [3.63, 3.8) is 0 Å². The molecule has 2 unspecified atom stereocenters. The fraction of sp³-hybridized carbons (Fsp3) is 0.333. The van der Waals surface area contributed by atoms with Crippen molar-refractivity contribution in [2.24, 2.45) is 5.73 Å². The predicted octanol–water partition coefficient (Wildman–Crippen LogP) is 4.35. The fourth-order valence-electron chi connectivity index (χ4n) is 2.47. The molecule has 2 aromatic carbocycles. The third kappa shape index (κ3) is 3.94. The van der Waals surface area contributed by atoms with Crippen LogP contribution in [-0.4, -0.2) is 11.7 Å². The molecule has 0 radical (unpaired) electrons. The number of benzene rings is 2. The van der Waals surface area contributed by atoms with Crippen LogP contribution in [0.15, 0.2) is 53.0 Å². The molecule has 0 aromatic heterocycles. The van der Waals surface area contributed by atoms with Gasteiger partial charge in [0.05, 0.1) is 6.10 Å². The Morgan fingerprint density at radius 2 is 1.38 bits per heavy atom. The maximum atomic E-state index is 10.6. The van der Waals surface area contributed by atoms with E-state index in [0.29, 0.717) is 12.5 Å². The summed E-state index contributed by atoms with van der Waals surface area (Å²) in [7, 11) is 0. The monoisotopic (exact) mass is 347 g/mol. The highest BCUT2D eigenvalue weighted by molar-refractivity contribution is 9.10. The molecule has 112 valence electrons. The highest BCUT2D eigenvalue weighted by atomic mass is 79.9. The van der Waals surface area contributed by atoms with Gasteiger partial charge in [-0.25, -0.2) is 0 Å². The van der Waals surface area contributed by atoms with Gasteiger partial charge in [-0.1, -0.05) is 66.2 Å². The van der Waals surface area contributed by atoms with Gasteiger partial charge in [-0.05, 0) is 34.7 Å². The summed E-state index contributed by atoms with van der Waals surface area (Å²) in [5.41, 5.74) is 9.17. The van der Waals surface area contributed by atoms with E-state index >= 15 is 0 Å². The first-order valence-corrected chi connectivity index (χ1v) is 8.05. The summed E-state index contributed by atoms with van der Waals surface area (Å²) < 4.78 is 1.00. The second-order valence-electron chi connectivity index (χ2n) is 5.66. The maximum Gasteiger partial charge on any atom is 0.0870 e. The van der Waals surface area contributed by atoms with E-state index < -0.39 is 6.10 Å². The molecule has 0 saturated heterocycles. The standard InChI is InChI=1S/C18H22BrNO/c1-12(2)13-3-5-14(6-4-13)17(11-20)18(21)15-7-9-16(19)10-8-15/h3-10,12,17-18,21H,11,20H2,1-2H3. The highest BCUT2D eigenvalue weighted by Crippen LogP contribution is 2.31. The van der Waals surface area contributed by atoms with Crippen molar-refractivity contribution in [1.82, 2.24) is 0 Å². The van der Waals surface area contributed by atoms with Crippen LogP contribution >= 0.6 is 15.9 Å². The molecule has 0 aliphatic rings. The molecule has 2 nitrogen and oxygen atoms in total. The molecule has 2 aromatic rings. The molecule has 0 fully saturated rings. The molecule has 0 saturated carbocycles. The zero-order valence-electron chi connectivity index (χ0n) is 12.5. The van der Waals surface area contributed by atoms with E-state index in [-0.39, 0.29) is 5.92 Å². The van der Waals surface area contributed by atoms with E-state index in [1.165, 1.54) is 5.56 Å². The molecular formula is C18H22BrNO. The lowest BCUT2D eigenvalue weighted by molar-refractivity contribution is 0.147. The highest BCUT2D eigenvalue weighted by Gasteiger charge is 2.21. The molecule has 3 heteroatoms. The Balaban J connectivity index is 2.23. The number of nitrogens with two attached hydrogens (primary N) is 1. The quantitative estimate of drug-likeness (QED) is 0.844. The summed E-state index contributed by atoms with van der Waals surface area (Å²) in [5, 5.41) is 10.6. The molecular weight excluding hydrogens is 326 g/mol.